The minimum Gasteiger partial charge on any atom is -0.480 e. The number of hydrogen-bond donors (Lipinski definition) is 2. The van der Waals surface area contributed by atoms with E-state index in [1.807, 2.05) is 13.0 Å². The molecule has 1 aliphatic heterocycles. The van der Waals surface area contributed by atoms with Gasteiger partial charge in [0.15, 0.2) is 0 Å². The highest BCUT2D eigenvalue weighted by Crippen LogP contribution is 2.18. The summed E-state index contributed by atoms with van der Waals surface area (Å²) in [5, 5.41) is 9.29. The first-order valence-corrected chi connectivity index (χ1v) is 7.05. The van der Waals surface area contributed by atoms with Crippen LogP contribution in [0.15, 0.2) is 18.3 Å². The van der Waals surface area contributed by atoms with Crippen LogP contribution in [0.5, 0.6) is 0 Å². The van der Waals surface area contributed by atoms with Crippen molar-refractivity contribution < 1.29 is 9.90 Å². The van der Waals surface area contributed by atoms with Crippen molar-refractivity contribution in [2.45, 2.75) is 25.8 Å². The van der Waals surface area contributed by atoms with Crippen LogP contribution in [0.1, 0.15) is 19.8 Å². The lowest BCUT2D eigenvalue weighted by Crippen LogP contribution is -2.52. The lowest BCUT2D eigenvalue weighted by atomic mass is 10.1. The van der Waals surface area contributed by atoms with E-state index >= 15 is 0 Å². The average Bonchev–Trinajstić information content (AvgIpc) is 2.45. The van der Waals surface area contributed by atoms with Gasteiger partial charge in [-0.15, -0.1) is 0 Å². The summed E-state index contributed by atoms with van der Waals surface area (Å²) in [6.45, 7) is 5.19. The standard InChI is InChI=1S/C14H22N4O2/c1-2-3-12(14(19)20)18-8-6-17(7-9-18)11-4-5-13(15)16-10-11/h4-5,10,12H,2-3,6-9H2,1H3,(H2,15,16)(H,19,20). The number of piperazine rings is 1. The Balaban J connectivity index is 1.94. The van der Waals surface area contributed by atoms with Crippen LogP contribution in [-0.4, -0.2) is 53.2 Å². The van der Waals surface area contributed by atoms with Gasteiger partial charge in [0, 0.05) is 26.2 Å². The van der Waals surface area contributed by atoms with E-state index in [0.29, 0.717) is 12.2 Å². The Kier molecular flexibility index (Phi) is 4.79. The summed E-state index contributed by atoms with van der Waals surface area (Å²) in [5.74, 6) is -0.198. The molecule has 0 aromatic carbocycles. The average molecular weight is 278 g/mol. The molecule has 1 aliphatic rings. The molecule has 0 amide bonds. The summed E-state index contributed by atoms with van der Waals surface area (Å²) in [6.07, 6.45) is 3.36. The van der Waals surface area contributed by atoms with Crippen LogP contribution in [0.25, 0.3) is 0 Å². The number of carboxylic acids is 1. The molecule has 1 atom stereocenters. The second-order valence-corrected chi connectivity index (χ2v) is 5.11. The lowest BCUT2D eigenvalue weighted by Gasteiger charge is -2.38. The van der Waals surface area contributed by atoms with Gasteiger partial charge in [0.05, 0.1) is 11.9 Å². The molecule has 1 fully saturated rings. The van der Waals surface area contributed by atoms with Gasteiger partial charge in [0.2, 0.25) is 0 Å². The zero-order chi connectivity index (χ0) is 14.5. The molecule has 2 rings (SSSR count). The molecule has 3 N–H and O–H groups in total. The number of nitrogens with zero attached hydrogens (tertiary/aromatic N) is 3. The maximum absolute atomic E-state index is 11.3. The van der Waals surface area contributed by atoms with Crippen molar-refractivity contribution >= 4 is 17.5 Å². The highest BCUT2D eigenvalue weighted by molar-refractivity contribution is 5.73. The van der Waals surface area contributed by atoms with E-state index in [1.165, 1.54) is 0 Å². The molecule has 2 heterocycles. The zero-order valence-corrected chi connectivity index (χ0v) is 11.8. The van der Waals surface area contributed by atoms with Gasteiger partial charge in [-0.25, -0.2) is 4.98 Å². The lowest BCUT2D eigenvalue weighted by molar-refractivity contribution is -0.143. The molecule has 0 saturated carbocycles. The summed E-state index contributed by atoms with van der Waals surface area (Å²) in [5.41, 5.74) is 6.62. The largest absolute Gasteiger partial charge is 0.480 e. The first-order valence-electron chi connectivity index (χ1n) is 7.05. The van der Waals surface area contributed by atoms with E-state index in [9.17, 15) is 9.90 Å². The summed E-state index contributed by atoms with van der Waals surface area (Å²) in [7, 11) is 0. The Hall–Kier alpha value is -1.82. The van der Waals surface area contributed by atoms with E-state index in [0.717, 1.165) is 38.3 Å². The Labute approximate surface area is 119 Å². The number of carbonyl (C=O) groups is 1. The molecule has 0 radical (unpaired) electrons. The summed E-state index contributed by atoms with van der Waals surface area (Å²) < 4.78 is 0. The number of hydrogen-bond acceptors (Lipinski definition) is 5. The van der Waals surface area contributed by atoms with Crippen LogP contribution in [0.3, 0.4) is 0 Å². The van der Waals surface area contributed by atoms with Crippen LogP contribution < -0.4 is 10.6 Å². The molecule has 1 aromatic heterocycles. The molecule has 0 bridgehead atoms. The van der Waals surface area contributed by atoms with Crippen molar-refractivity contribution in [1.29, 1.82) is 0 Å². The molecule has 1 aromatic rings. The zero-order valence-electron chi connectivity index (χ0n) is 11.8. The minimum absolute atomic E-state index is 0.355. The van der Waals surface area contributed by atoms with Crippen molar-refractivity contribution in [3.05, 3.63) is 18.3 Å². The number of anilines is 2. The number of aromatic nitrogens is 1. The van der Waals surface area contributed by atoms with Gasteiger partial charge in [-0.05, 0) is 18.6 Å². The molecule has 20 heavy (non-hydrogen) atoms. The van der Waals surface area contributed by atoms with E-state index in [2.05, 4.69) is 14.8 Å². The summed E-state index contributed by atoms with van der Waals surface area (Å²) >= 11 is 0. The molecule has 1 saturated heterocycles. The Bertz CT molecular complexity index is 441. The molecule has 6 nitrogen and oxygen atoms in total. The maximum atomic E-state index is 11.3. The van der Waals surface area contributed by atoms with Crippen molar-refractivity contribution in [2.24, 2.45) is 0 Å². The summed E-state index contributed by atoms with van der Waals surface area (Å²) in [4.78, 5) is 19.7. The van der Waals surface area contributed by atoms with Crippen LogP contribution in [0.4, 0.5) is 11.5 Å². The first kappa shape index (κ1) is 14.6. The SMILES string of the molecule is CCCC(C(=O)O)N1CCN(c2ccc(N)nc2)CC1. The molecular formula is C14H22N4O2. The minimum atomic E-state index is -0.713. The fourth-order valence-corrected chi connectivity index (χ4v) is 2.61. The van der Waals surface area contributed by atoms with E-state index in [-0.39, 0.29) is 6.04 Å². The monoisotopic (exact) mass is 278 g/mol. The highest BCUT2D eigenvalue weighted by Gasteiger charge is 2.28. The third kappa shape index (κ3) is 3.39. The topological polar surface area (TPSA) is 82.7 Å². The fraction of sp³-hybridized carbons (Fsp3) is 0.571. The number of nitrogen functional groups attached to an aromatic ring is 1. The maximum Gasteiger partial charge on any atom is 0.320 e. The predicted octanol–water partition coefficient (Wildman–Crippen LogP) is 1.04. The highest BCUT2D eigenvalue weighted by atomic mass is 16.4. The van der Waals surface area contributed by atoms with Crippen LogP contribution in [-0.2, 0) is 4.79 Å². The Morgan fingerprint density at radius 2 is 2.10 bits per heavy atom. The van der Waals surface area contributed by atoms with Crippen LogP contribution in [0.2, 0.25) is 0 Å². The molecule has 0 spiro atoms. The van der Waals surface area contributed by atoms with Crippen molar-refractivity contribution in [2.75, 3.05) is 36.8 Å². The van der Waals surface area contributed by atoms with Crippen LogP contribution >= 0.6 is 0 Å². The van der Waals surface area contributed by atoms with Crippen molar-refractivity contribution in [1.82, 2.24) is 9.88 Å². The Morgan fingerprint density at radius 1 is 1.40 bits per heavy atom. The Morgan fingerprint density at radius 3 is 2.60 bits per heavy atom. The quantitative estimate of drug-likeness (QED) is 0.837. The molecule has 0 aliphatic carbocycles. The van der Waals surface area contributed by atoms with Gasteiger partial charge in [0.1, 0.15) is 11.9 Å². The first-order chi connectivity index (χ1) is 9.61. The number of rotatable bonds is 5. The third-order valence-corrected chi connectivity index (χ3v) is 3.74. The number of aliphatic carboxylic acids is 1. The molecule has 110 valence electrons. The summed E-state index contributed by atoms with van der Waals surface area (Å²) in [6, 6.07) is 3.39. The third-order valence-electron chi connectivity index (χ3n) is 3.74. The van der Waals surface area contributed by atoms with Crippen LogP contribution in [0, 0.1) is 0 Å². The van der Waals surface area contributed by atoms with E-state index in [4.69, 9.17) is 5.73 Å². The second kappa shape index (κ2) is 6.56. The smallest absolute Gasteiger partial charge is 0.320 e. The molecule has 6 heteroatoms. The van der Waals surface area contributed by atoms with Gasteiger partial charge < -0.3 is 15.7 Å². The molecule has 1 unspecified atom stereocenters. The number of pyridine rings is 1. The van der Waals surface area contributed by atoms with Gasteiger partial charge in [-0.2, -0.15) is 0 Å². The van der Waals surface area contributed by atoms with Crippen molar-refractivity contribution in [3.63, 3.8) is 0 Å². The second-order valence-electron chi connectivity index (χ2n) is 5.11. The van der Waals surface area contributed by atoms with Gasteiger partial charge in [0.25, 0.3) is 0 Å². The normalized spacial score (nSPS) is 17.9. The number of nitrogens with two attached hydrogens (primary N) is 1. The van der Waals surface area contributed by atoms with E-state index < -0.39 is 5.97 Å². The fourth-order valence-electron chi connectivity index (χ4n) is 2.61. The number of carboxylic acid groups (broad SMARTS) is 1. The van der Waals surface area contributed by atoms with Gasteiger partial charge in [-0.3, -0.25) is 9.69 Å². The predicted molar refractivity (Wildman–Crippen MR) is 78.8 cm³/mol. The van der Waals surface area contributed by atoms with Crippen molar-refractivity contribution in [3.8, 4) is 0 Å². The van der Waals surface area contributed by atoms with Gasteiger partial charge >= 0.3 is 5.97 Å². The van der Waals surface area contributed by atoms with E-state index in [1.54, 1.807) is 12.3 Å². The molecular weight excluding hydrogens is 256 g/mol. The van der Waals surface area contributed by atoms with Gasteiger partial charge in [-0.1, -0.05) is 13.3 Å².